The molecule has 1 atom stereocenters. The molecule has 7 heteroatoms. The van der Waals surface area contributed by atoms with Gasteiger partial charge in [-0.2, -0.15) is 12.7 Å². The van der Waals surface area contributed by atoms with Crippen LogP contribution in [0.3, 0.4) is 0 Å². The molecule has 0 spiro atoms. The van der Waals surface area contributed by atoms with Gasteiger partial charge in [0.05, 0.1) is 11.6 Å². The van der Waals surface area contributed by atoms with Crippen molar-refractivity contribution in [1.29, 1.82) is 0 Å². The Morgan fingerprint density at radius 3 is 2.57 bits per heavy atom. The van der Waals surface area contributed by atoms with Crippen molar-refractivity contribution in [3.63, 3.8) is 0 Å². The maximum atomic E-state index is 12.7. The fraction of sp³-hybridized carbons (Fsp3) is 0.500. The van der Waals surface area contributed by atoms with E-state index in [0.717, 1.165) is 0 Å². The molecule has 0 amide bonds. The van der Waals surface area contributed by atoms with E-state index in [2.05, 4.69) is 0 Å². The third kappa shape index (κ3) is 2.75. The predicted octanol–water partition coefficient (Wildman–Crippen LogP) is 1.65. The van der Waals surface area contributed by atoms with Crippen LogP contribution in [-0.4, -0.2) is 43.4 Å². The molecular formula is C14H20N2O4S. The maximum Gasteiger partial charge on any atom is 0.311 e. The Labute approximate surface area is 125 Å². The lowest BCUT2D eigenvalue weighted by atomic mass is 9.91. The lowest BCUT2D eigenvalue weighted by Crippen LogP contribution is -2.47. The third-order valence-corrected chi connectivity index (χ3v) is 5.96. The molecule has 21 heavy (non-hydrogen) atoms. The summed E-state index contributed by atoms with van der Waals surface area (Å²) in [4.78, 5) is 11.3. The molecule has 0 fully saturated rings. The van der Waals surface area contributed by atoms with Crippen LogP contribution >= 0.6 is 0 Å². The molecule has 116 valence electrons. The minimum atomic E-state index is -3.65. The first kappa shape index (κ1) is 15.8. The molecule has 0 aliphatic carbocycles. The lowest BCUT2D eigenvalue weighted by molar-refractivity contribution is -0.139. The van der Waals surface area contributed by atoms with E-state index in [0.29, 0.717) is 11.3 Å². The molecule has 0 saturated carbocycles. The molecule has 1 unspecified atom stereocenters. The van der Waals surface area contributed by atoms with E-state index in [9.17, 15) is 18.3 Å². The zero-order valence-corrected chi connectivity index (χ0v) is 13.2. The molecule has 1 aromatic rings. The highest BCUT2D eigenvalue weighted by molar-refractivity contribution is 7.90. The van der Waals surface area contributed by atoms with Gasteiger partial charge in [-0.3, -0.25) is 9.10 Å². The van der Waals surface area contributed by atoms with E-state index in [1.807, 2.05) is 0 Å². The first-order valence-electron chi connectivity index (χ1n) is 6.84. The fourth-order valence-corrected chi connectivity index (χ4v) is 4.04. The number of carboxylic acids is 1. The second kappa shape index (κ2) is 5.65. The van der Waals surface area contributed by atoms with Gasteiger partial charge >= 0.3 is 16.2 Å². The normalized spacial score (nSPS) is 18.9. The molecule has 0 saturated heterocycles. The summed E-state index contributed by atoms with van der Waals surface area (Å²) < 4.78 is 27.9. The van der Waals surface area contributed by atoms with Gasteiger partial charge in [-0.1, -0.05) is 18.2 Å². The summed E-state index contributed by atoms with van der Waals surface area (Å²) >= 11 is 0. The second-order valence-corrected chi connectivity index (χ2v) is 7.34. The minimum absolute atomic E-state index is 0.167. The summed E-state index contributed by atoms with van der Waals surface area (Å²) in [6.45, 7) is 3.77. The number of fused-ring (bicyclic) bond motifs is 1. The summed E-state index contributed by atoms with van der Waals surface area (Å²) in [5.74, 6) is -1.58. The minimum Gasteiger partial charge on any atom is -0.481 e. The molecule has 1 aliphatic rings. The van der Waals surface area contributed by atoms with Crippen molar-refractivity contribution in [2.75, 3.05) is 17.9 Å². The molecule has 6 nitrogen and oxygen atoms in total. The van der Waals surface area contributed by atoms with Crippen LogP contribution < -0.4 is 4.31 Å². The van der Waals surface area contributed by atoms with Gasteiger partial charge in [-0.05, 0) is 31.9 Å². The van der Waals surface area contributed by atoms with Gasteiger partial charge in [0.25, 0.3) is 0 Å². The Morgan fingerprint density at radius 2 is 2.00 bits per heavy atom. The molecule has 0 aromatic heterocycles. The van der Waals surface area contributed by atoms with Crippen LogP contribution in [0.15, 0.2) is 24.3 Å². The van der Waals surface area contributed by atoms with E-state index < -0.39 is 22.1 Å². The second-order valence-electron chi connectivity index (χ2n) is 5.43. The van der Waals surface area contributed by atoms with Crippen molar-refractivity contribution < 1.29 is 18.3 Å². The SMILES string of the molecule is CC(C)N(C)S(=O)(=O)N1CCC(C(=O)O)c2ccccc21. The van der Waals surface area contributed by atoms with Crippen LogP contribution in [0.2, 0.25) is 0 Å². The van der Waals surface area contributed by atoms with Crippen molar-refractivity contribution >= 4 is 21.9 Å². The van der Waals surface area contributed by atoms with E-state index in [4.69, 9.17) is 0 Å². The van der Waals surface area contributed by atoms with E-state index in [1.54, 1.807) is 38.1 Å². The van der Waals surface area contributed by atoms with E-state index in [1.165, 1.54) is 15.7 Å². The first-order valence-corrected chi connectivity index (χ1v) is 8.24. The standard InChI is InChI=1S/C14H20N2O4S/c1-10(2)15(3)21(19,20)16-9-8-12(14(17)18)11-6-4-5-7-13(11)16/h4-7,10,12H,8-9H2,1-3H3,(H,17,18). The van der Waals surface area contributed by atoms with Crippen LogP contribution in [0.4, 0.5) is 5.69 Å². The van der Waals surface area contributed by atoms with Gasteiger partial charge in [0.15, 0.2) is 0 Å². The first-order chi connectivity index (χ1) is 9.76. The number of para-hydroxylation sites is 1. The smallest absolute Gasteiger partial charge is 0.311 e. The summed E-state index contributed by atoms with van der Waals surface area (Å²) in [6, 6.07) is 6.64. The highest BCUT2D eigenvalue weighted by Crippen LogP contribution is 2.37. The van der Waals surface area contributed by atoms with Gasteiger partial charge in [-0.15, -0.1) is 0 Å². The van der Waals surface area contributed by atoms with Crippen molar-refractivity contribution in [2.45, 2.75) is 32.2 Å². The molecular weight excluding hydrogens is 292 g/mol. The van der Waals surface area contributed by atoms with Gasteiger partial charge < -0.3 is 5.11 Å². The number of aliphatic carboxylic acids is 1. The number of hydrogen-bond donors (Lipinski definition) is 1. The topological polar surface area (TPSA) is 77.9 Å². The molecule has 1 N–H and O–H groups in total. The predicted molar refractivity (Wildman–Crippen MR) is 80.6 cm³/mol. The van der Waals surface area contributed by atoms with Crippen LogP contribution in [0.1, 0.15) is 31.7 Å². The highest BCUT2D eigenvalue weighted by atomic mass is 32.2. The quantitative estimate of drug-likeness (QED) is 0.917. The van der Waals surface area contributed by atoms with Crippen LogP contribution in [0, 0.1) is 0 Å². The Bertz CT molecular complexity index is 642. The fourth-order valence-electron chi connectivity index (χ4n) is 2.45. The summed E-state index contributed by atoms with van der Waals surface area (Å²) in [7, 11) is -2.12. The largest absolute Gasteiger partial charge is 0.481 e. The van der Waals surface area contributed by atoms with Crippen molar-refractivity contribution in [3.05, 3.63) is 29.8 Å². The number of carbonyl (C=O) groups is 1. The zero-order chi connectivity index (χ0) is 15.8. The molecule has 0 bridgehead atoms. The molecule has 0 radical (unpaired) electrons. The monoisotopic (exact) mass is 312 g/mol. The number of rotatable bonds is 4. The third-order valence-electron chi connectivity index (χ3n) is 3.87. The number of nitrogens with zero attached hydrogens (tertiary/aromatic N) is 2. The lowest BCUT2D eigenvalue weighted by Gasteiger charge is -2.36. The van der Waals surface area contributed by atoms with Crippen molar-refractivity contribution in [3.8, 4) is 0 Å². The molecule has 1 heterocycles. The van der Waals surface area contributed by atoms with E-state index in [-0.39, 0.29) is 19.0 Å². The van der Waals surface area contributed by atoms with Gasteiger partial charge in [0.2, 0.25) is 0 Å². The van der Waals surface area contributed by atoms with Gasteiger partial charge in [-0.25, -0.2) is 0 Å². The van der Waals surface area contributed by atoms with E-state index >= 15 is 0 Å². The number of carboxylic acid groups (broad SMARTS) is 1. The van der Waals surface area contributed by atoms with Crippen LogP contribution in [-0.2, 0) is 15.0 Å². The maximum absolute atomic E-state index is 12.7. The summed E-state index contributed by atoms with van der Waals surface area (Å²) in [6.07, 6.45) is 0.275. The zero-order valence-electron chi connectivity index (χ0n) is 12.4. The van der Waals surface area contributed by atoms with Crippen LogP contribution in [0.25, 0.3) is 0 Å². The number of anilines is 1. The van der Waals surface area contributed by atoms with Crippen molar-refractivity contribution in [2.24, 2.45) is 0 Å². The average molecular weight is 312 g/mol. The Morgan fingerprint density at radius 1 is 1.38 bits per heavy atom. The Hall–Kier alpha value is -1.60. The van der Waals surface area contributed by atoms with Crippen molar-refractivity contribution in [1.82, 2.24) is 4.31 Å². The Kier molecular flexibility index (Phi) is 4.25. The molecule has 2 rings (SSSR count). The van der Waals surface area contributed by atoms with Gasteiger partial charge in [0, 0.05) is 19.6 Å². The van der Waals surface area contributed by atoms with Crippen LogP contribution in [0.5, 0.6) is 0 Å². The summed E-state index contributed by atoms with van der Waals surface area (Å²) in [5, 5.41) is 9.29. The average Bonchev–Trinajstić information content (AvgIpc) is 2.44. The summed E-state index contributed by atoms with van der Waals surface area (Å²) in [5.41, 5.74) is 1.01. The number of benzene rings is 1. The number of hydrogen-bond acceptors (Lipinski definition) is 3. The molecule has 1 aromatic carbocycles. The Balaban J connectivity index is 2.49. The molecule has 1 aliphatic heterocycles. The van der Waals surface area contributed by atoms with Gasteiger partial charge in [0.1, 0.15) is 0 Å². The highest BCUT2D eigenvalue weighted by Gasteiger charge is 2.37.